The minimum atomic E-state index is -1.69. The van der Waals surface area contributed by atoms with E-state index in [-0.39, 0.29) is 16.9 Å². The van der Waals surface area contributed by atoms with Crippen molar-refractivity contribution in [3.05, 3.63) is 9.93 Å². The Bertz CT molecular complexity index is 819. The molecule has 5 atom stereocenters. The van der Waals surface area contributed by atoms with Crippen LogP contribution in [0.2, 0.25) is 12.1 Å². The van der Waals surface area contributed by atoms with E-state index in [1.807, 2.05) is 0 Å². The fraction of sp³-hybridized carbons (Fsp3) is 0.750. The van der Waals surface area contributed by atoms with Gasteiger partial charge in [0.1, 0.15) is 10.8 Å². The number of hydrogen-bond acceptors (Lipinski definition) is 10. The number of hydrogen-bond donors (Lipinski definition) is 2. The van der Waals surface area contributed by atoms with Crippen LogP contribution in [0, 0.1) is 5.41 Å². The van der Waals surface area contributed by atoms with E-state index >= 15 is 0 Å². The van der Waals surface area contributed by atoms with Gasteiger partial charge in [0.15, 0.2) is 20.3 Å². The molecule has 1 amide bonds. The SMILES string of the molecule is CCOC(C)(C)C(=O)OCOC(=O)C1=C(S[C@H]2CC[SiH](O)C2)SC2N1C(=O)[C@]2(C)[C@@H](C)O. The maximum Gasteiger partial charge on any atom is 0.359 e. The van der Waals surface area contributed by atoms with Crippen LogP contribution in [0.3, 0.4) is 0 Å². The largest absolute Gasteiger partial charge is 0.435 e. The molecule has 0 saturated carbocycles. The summed E-state index contributed by atoms with van der Waals surface area (Å²) < 4.78 is 16.2. The van der Waals surface area contributed by atoms with Crippen LogP contribution in [-0.2, 0) is 28.6 Å². The van der Waals surface area contributed by atoms with Gasteiger partial charge in [-0.15, -0.1) is 11.8 Å². The Morgan fingerprint density at radius 3 is 2.66 bits per heavy atom. The van der Waals surface area contributed by atoms with Gasteiger partial charge in [0, 0.05) is 11.9 Å². The summed E-state index contributed by atoms with van der Waals surface area (Å²) in [7, 11) is -1.69. The van der Waals surface area contributed by atoms with Crippen LogP contribution in [0.25, 0.3) is 0 Å². The third-order valence-corrected chi connectivity index (χ3v) is 11.7. The van der Waals surface area contributed by atoms with Crippen molar-refractivity contribution in [2.24, 2.45) is 5.41 Å². The summed E-state index contributed by atoms with van der Waals surface area (Å²) >= 11 is 2.85. The first-order chi connectivity index (χ1) is 14.9. The first-order valence-electron chi connectivity index (χ1n) is 10.7. The number of ether oxygens (including phenoxy) is 3. The Morgan fingerprint density at radius 1 is 1.41 bits per heavy atom. The number of thioether (sulfide) groups is 2. The number of aliphatic hydroxyl groups excluding tert-OH is 1. The molecule has 3 heterocycles. The second-order valence-electron chi connectivity index (χ2n) is 8.87. The van der Waals surface area contributed by atoms with Crippen molar-refractivity contribution < 1.29 is 38.5 Å². The van der Waals surface area contributed by atoms with Crippen molar-refractivity contribution >= 4 is 50.4 Å². The number of β-lactam (4-membered cyclic amide) rings is 1. The number of aliphatic hydroxyl groups is 1. The average Bonchev–Trinajstić information content (AvgIpc) is 3.28. The topological polar surface area (TPSA) is 123 Å². The van der Waals surface area contributed by atoms with Gasteiger partial charge in [-0.25, -0.2) is 9.59 Å². The number of nitrogens with zero attached hydrogens (tertiary/aromatic N) is 1. The van der Waals surface area contributed by atoms with Gasteiger partial charge in [-0.05, 0) is 53.1 Å². The van der Waals surface area contributed by atoms with E-state index < -0.39 is 50.3 Å². The van der Waals surface area contributed by atoms with Crippen LogP contribution in [0.4, 0.5) is 0 Å². The van der Waals surface area contributed by atoms with Crippen LogP contribution in [-0.4, -0.2) is 77.4 Å². The monoisotopic (exact) mass is 505 g/mol. The van der Waals surface area contributed by atoms with E-state index in [2.05, 4.69) is 0 Å². The van der Waals surface area contributed by atoms with Gasteiger partial charge in [0.05, 0.1) is 10.3 Å². The highest BCUT2D eigenvalue weighted by Crippen LogP contribution is 2.60. The molecule has 2 N–H and O–H groups in total. The number of carbonyl (C=O) groups excluding carboxylic acids is 3. The molecular weight excluding hydrogens is 474 g/mol. The highest BCUT2D eigenvalue weighted by atomic mass is 32.2. The van der Waals surface area contributed by atoms with Gasteiger partial charge in [-0.2, -0.15) is 0 Å². The zero-order chi connectivity index (χ0) is 23.8. The van der Waals surface area contributed by atoms with Crippen LogP contribution < -0.4 is 0 Å². The predicted octanol–water partition coefficient (Wildman–Crippen LogP) is 1.54. The van der Waals surface area contributed by atoms with Gasteiger partial charge in [-0.1, -0.05) is 11.8 Å². The van der Waals surface area contributed by atoms with E-state index in [0.29, 0.717) is 10.8 Å². The minimum absolute atomic E-state index is 0.122. The molecule has 2 unspecified atom stereocenters. The van der Waals surface area contributed by atoms with E-state index in [0.717, 1.165) is 18.5 Å². The average molecular weight is 506 g/mol. The summed E-state index contributed by atoms with van der Waals surface area (Å²) in [6, 6.07) is 1.58. The number of rotatable bonds is 9. The smallest absolute Gasteiger partial charge is 0.359 e. The van der Waals surface area contributed by atoms with E-state index in [9.17, 15) is 24.3 Å². The molecule has 3 rings (SSSR count). The molecule has 0 radical (unpaired) electrons. The molecule has 0 aliphatic carbocycles. The third kappa shape index (κ3) is 4.62. The van der Waals surface area contributed by atoms with Gasteiger partial charge in [-0.3, -0.25) is 9.69 Å². The second kappa shape index (κ2) is 9.67. The summed E-state index contributed by atoms with van der Waals surface area (Å²) in [5.41, 5.74) is -2.05. The van der Waals surface area contributed by atoms with E-state index in [1.165, 1.54) is 28.4 Å². The number of amides is 1. The quantitative estimate of drug-likeness (QED) is 0.206. The summed E-state index contributed by atoms with van der Waals surface area (Å²) in [4.78, 5) is 49.4. The lowest BCUT2D eigenvalue weighted by Crippen LogP contribution is -2.68. The highest BCUT2D eigenvalue weighted by Gasteiger charge is 2.66. The lowest BCUT2D eigenvalue weighted by atomic mass is 9.75. The molecule has 9 nitrogen and oxygen atoms in total. The van der Waals surface area contributed by atoms with Gasteiger partial charge >= 0.3 is 11.9 Å². The molecule has 0 spiro atoms. The zero-order valence-electron chi connectivity index (χ0n) is 19.0. The first-order valence-corrected chi connectivity index (χ1v) is 14.6. The molecule has 0 aromatic heterocycles. The molecule has 12 heteroatoms. The number of fused-ring (bicyclic) bond motifs is 1. The van der Waals surface area contributed by atoms with Crippen LogP contribution in [0.5, 0.6) is 0 Å². The van der Waals surface area contributed by atoms with Gasteiger partial charge < -0.3 is 24.1 Å². The molecule has 0 bridgehead atoms. The summed E-state index contributed by atoms with van der Waals surface area (Å²) in [6.07, 6.45) is -0.0197. The summed E-state index contributed by atoms with van der Waals surface area (Å²) in [5, 5.41) is 9.97. The molecule has 2 saturated heterocycles. The Labute approximate surface area is 197 Å². The van der Waals surface area contributed by atoms with Gasteiger partial charge in [0.25, 0.3) is 0 Å². The van der Waals surface area contributed by atoms with Crippen molar-refractivity contribution in [1.82, 2.24) is 4.90 Å². The van der Waals surface area contributed by atoms with Crippen LogP contribution >= 0.6 is 23.5 Å². The summed E-state index contributed by atoms with van der Waals surface area (Å²) in [5.74, 6) is -1.77. The Balaban J connectivity index is 1.72. The Kier molecular flexibility index (Phi) is 7.72. The van der Waals surface area contributed by atoms with Crippen molar-refractivity contribution in [1.29, 1.82) is 0 Å². The zero-order valence-corrected chi connectivity index (χ0v) is 21.7. The minimum Gasteiger partial charge on any atom is -0.435 e. The van der Waals surface area contributed by atoms with Crippen molar-refractivity contribution in [2.75, 3.05) is 13.4 Å². The standard InChI is InChI=1S/C20H31NO8S2Si/c1-6-29-19(3,4)18(25)28-10-27-14(23)13-15(30-12-7-8-32(26)9-12)31-17-20(5,11(2)22)16(24)21(13)17/h11-12,17,22,26,32H,6-10H2,1-5H3/t11-,12+,17?,20+,32?/m1/s1. The predicted molar refractivity (Wildman–Crippen MR) is 123 cm³/mol. The number of esters is 2. The second-order valence-corrected chi connectivity index (χ2v) is 13.9. The molecule has 0 aromatic carbocycles. The first kappa shape index (κ1) is 25.6. The molecule has 180 valence electrons. The van der Waals surface area contributed by atoms with Crippen molar-refractivity contribution in [3.63, 3.8) is 0 Å². The molecule has 2 fully saturated rings. The van der Waals surface area contributed by atoms with E-state index in [1.54, 1.807) is 34.6 Å². The Morgan fingerprint density at radius 2 is 2.09 bits per heavy atom. The third-order valence-electron chi connectivity index (χ3n) is 6.15. The van der Waals surface area contributed by atoms with Crippen LogP contribution in [0.1, 0.15) is 41.0 Å². The Hall–Kier alpha value is -1.05. The fourth-order valence-electron chi connectivity index (χ4n) is 3.95. The molecule has 32 heavy (non-hydrogen) atoms. The normalized spacial score (nSPS) is 30.8. The van der Waals surface area contributed by atoms with Crippen molar-refractivity contribution in [2.45, 2.75) is 75.5 Å². The lowest BCUT2D eigenvalue weighted by Gasteiger charge is -2.52. The van der Waals surface area contributed by atoms with Gasteiger partial charge in [0.2, 0.25) is 12.7 Å². The number of carbonyl (C=O) groups is 3. The van der Waals surface area contributed by atoms with E-state index in [4.69, 9.17) is 14.2 Å². The lowest BCUT2D eigenvalue weighted by molar-refractivity contribution is -0.185. The molecular formula is C20H31NO8S2Si. The van der Waals surface area contributed by atoms with Crippen LogP contribution in [0.15, 0.2) is 9.93 Å². The highest BCUT2D eigenvalue weighted by molar-refractivity contribution is 8.23. The fourth-order valence-corrected chi connectivity index (χ4v) is 10.2. The molecule has 0 aromatic rings. The summed E-state index contributed by atoms with van der Waals surface area (Å²) in [6.45, 7) is 7.86. The molecule has 3 aliphatic heterocycles. The van der Waals surface area contributed by atoms with Crippen molar-refractivity contribution in [3.8, 4) is 0 Å². The molecule has 3 aliphatic rings. The maximum atomic E-state index is 12.9. The maximum absolute atomic E-state index is 12.9.